The van der Waals surface area contributed by atoms with E-state index in [0.717, 1.165) is 0 Å². The normalized spacial score (nSPS) is 12.0. The minimum absolute atomic E-state index is 0.114. The molecule has 1 heterocycles. The van der Waals surface area contributed by atoms with Crippen LogP contribution in [0.4, 0.5) is 17.8 Å². The lowest BCUT2D eigenvalue weighted by Gasteiger charge is -1.94. The summed E-state index contributed by atoms with van der Waals surface area (Å²) in [7, 11) is 14.4. The predicted octanol–water partition coefficient (Wildman–Crippen LogP) is 0.373. The molecule has 0 saturated carbocycles. The lowest BCUT2D eigenvalue weighted by molar-refractivity contribution is 0.968. The van der Waals surface area contributed by atoms with Crippen molar-refractivity contribution in [2.24, 2.45) is 30.4 Å². The van der Waals surface area contributed by atoms with Gasteiger partial charge < -0.3 is 0 Å². The number of hydrogen-bond donors (Lipinski definition) is 0. The van der Waals surface area contributed by atoms with E-state index in [4.69, 9.17) is 23.9 Å². The van der Waals surface area contributed by atoms with E-state index < -0.39 is 0 Å². The monoisotopic (exact) mass is 195 g/mol. The third kappa shape index (κ3) is 3.33. The Morgan fingerprint density at radius 3 is 1.07 bits per heavy atom. The zero-order valence-electron chi connectivity index (χ0n) is 7.26. The summed E-state index contributed by atoms with van der Waals surface area (Å²) in [5.74, 6) is -0.341. The van der Waals surface area contributed by atoms with Crippen LogP contribution in [0.3, 0.4) is 0 Å². The molecule has 9 nitrogen and oxygen atoms in total. The van der Waals surface area contributed by atoms with E-state index in [-0.39, 0.29) is 17.8 Å². The van der Waals surface area contributed by atoms with Gasteiger partial charge in [-0.05, 0) is 0 Å². The highest BCUT2D eigenvalue weighted by atomic mass is 15.3. The highest BCUT2D eigenvalue weighted by Gasteiger charge is 2.03. The van der Waals surface area contributed by atoms with Crippen LogP contribution in [0.1, 0.15) is 0 Å². The summed E-state index contributed by atoms with van der Waals surface area (Å²) in [4.78, 5) is 10.9. The van der Waals surface area contributed by atoms with Gasteiger partial charge in [0.15, 0.2) is 0 Å². The zero-order valence-corrected chi connectivity index (χ0v) is 7.26. The molecule has 6 radical (unpaired) electrons. The third-order valence-electron chi connectivity index (χ3n) is 1.04. The van der Waals surface area contributed by atoms with Crippen LogP contribution in [0.2, 0.25) is 0 Å². The van der Waals surface area contributed by atoms with Gasteiger partial charge in [-0.3, -0.25) is 15.1 Å². The fraction of sp³-hybridized carbons (Fsp3) is 0. The molecule has 0 aromatic carbocycles. The van der Waals surface area contributed by atoms with E-state index in [1.54, 1.807) is 0 Å². The Morgan fingerprint density at radius 2 is 0.867 bits per heavy atom. The second-order valence-corrected chi connectivity index (χ2v) is 1.88. The van der Waals surface area contributed by atoms with E-state index in [9.17, 15) is 0 Å². The molecule has 0 unspecified atom stereocenters. The molecule has 0 atom stereocenters. The molecule has 0 saturated heterocycles. The van der Waals surface area contributed by atoms with E-state index in [0.29, 0.717) is 0 Å². The molecule has 0 N–H and O–H groups in total. The van der Waals surface area contributed by atoms with Crippen molar-refractivity contribution < 1.29 is 0 Å². The maximum Gasteiger partial charge on any atom is 0.293 e. The summed E-state index contributed by atoms with van der Waals surface area (Å²) < 4.78 is 0. The van der Waals surface area contributed by atoms with Crippen LogP contribution in [0.15, 0.2) is 30.4 Å². The highest BCUT2D eigenvalue weighted by molar-refractivity contribution is 6.05. The zero-order chi connectivity index (χ0) is 11.1. The Hall–Kier alpha value is -2.00. The maximum absolute atomic E-state index is 4.81. The van der Waals surface area contributed by atoms with E-state index in [1.165, 1.54) is 0 Å². The van der Waals surface area contributed by atoms with Gasteiger partial charge in [0.25, 0.3) is 41.8 Å². The van der Waals surface area contributed by atoms with Gasteiger partial charge in [0.05, 0.1) is 0 Å². The Kier molecular flexibility index (Phi) is 4.19. The van der Waals surface area contributed by atoms with Crippen LogP contribution in [0, 0.1) is 0 Å². The molecule has 12 heteroatoms. The van der Waals surface area contributed by atoms with Crippen LogP contribution < -0.4 is 0 Å². The number of rotatable bonds is 3. The standard InChI is InChI=1S/C3B3N9/c4-13-10-1-7-2(11-14-5)9-3(8-1)12-15-6. The molecular formula is C3B3N9. The molecule has 15 heavy (non-hydrogen) atoms. The van der Waals surface area contributed by atoms with Crippen molar-refractivity contribution >= 4 is 41.8 Å². The summed E-state index contributed by atoms with van der Waals surface area (Å²) in [5, 5.41) is 19.0. The Balaban J connectivity index is 3.19. The van der Waals surface area contributed by atoms with Crippen molar-refractivity contribution in [3.63, 3.8) is 0 Å². The van der Waals surface area contributed by atoms with Gasteiger partial charge in [0, 0.05) is 0 Å². The summed E-state index contributed by atoms with van der Waals surface area (Å²) in [6, 6.07) is 0. The Bertz CT molecular complexity index is 339. The molecule has 0 aliphatic carbocycles. The summed E-state index contributed by atoms with van der Waals surface area (Å²) in [6.45, 7) is 0. The van der Waals surface area contributed by atoms with Gasteiger partial charge in [-0.15, -0.1) is 15.3 Å². The highest BCUT2D eigenvalue weighted by Crippen LogP contribution is 2.16. The quantitative estimate of drug-likeness (QED) is 0.512. The lowest BCUT2D eigenvalue weighted by Crippen LogP contribution is -1.86. The van der Waals surface area contributed by atoms with Crippen molar-refractivity contribution in [1.82, 2.24) is 15.0 Å². The fourth-order valence-electron chi connectivity index (χ4n) is 0.632. The molecule has 1 aromatic rings. The SMILES string of the molecule is [B]N=Nc1nc(N=N[B])nc(N=N[B])n1. The lowest BCUT2D eigenvalue weighted by atomic mass is 10.5. The fourth-order valence-corrected chi connectivity index (χ4v) is 0.632. The van der Waals surface area contributed by atoms with Crippen LogP contribution in [0.5, 0.6) is 0 Å². The van der Waals surface area contributed by atoms with Crippen LogP contribution >= 0.6 is 0 Å². The second kappa shape index (κ2) is 5.68. The molecule has 0 aliphatic rings. The van der Waals surface area contributed by atoms with Gasteiger partial charge in [0.2, 0.25) is 0 Å². The molecule has 0 aliphatic heterocycles. The van der Waals surface area contributed by atoms with Crippen molar-refractivity contribution in [2.45, 2.75) is 0 Å². The van der Waals surface area contributed by atoms with Gasteiger partial charge in [-0.2, -0.15) is 15.0 Å². The van der Waals surface area contributed by atoms with E-state index >= 15 is 0 Å². The average molecular weight is 195 g/mol. The van der Waals surface area contributed by atoms with Gasteiger partial charge >= 0.3 is 0 Å². The number of hydrogen-bond acceptors (Lipinski definition) is 9. The van der Waals surface area contributed by atoms with Gasteiger partial charge in [-0.25, -0.2) is 0 Å². The minimum atomic E-state index is -0.114. The summed E-state index contributed by atoms with van der Waals surface area (Å²) in [6.07, 6.45) is 0. The minimum Gasteiger partial charge on any atom is -0.265 e. The van der Waals surface area contributed by atoms with Crippen LogP contribution in [-0.4, -0.2) is 38.9 Å². The first-order chi connectivity index (χ1) is 7.30. The second-order valence-electron chi connectivity index (χ2n) is 1.88. The van der Waals surface area contributed by atoms with E-state index in [2.05, 4.69) is 45.4 Å². The van der Waals surface area contributed by atoms with E-state index in [1.807, 2.05) is 0 Å². The molecule has 0 fully saturated rings. The molecule has 1 aromatic heterocycles. The number of nitrogens with zero attached hydrogens (tertiary/aromatic N) is 9. The van der Waals surface area contributed by atoms with Crippen molar-refractivity contribution in [1.29, 1.82) is 0 Å². The van der Waals surface area contributed by atoms with Crippen molar-refractivity contribution in [3.8, 4) is 0 Å². The topological polar surface area (TPSA) is 113 Å². The molecule has 0 bridgehead atoms. The molecular weight excluding hydrogens is 195 g/mol. The third-order valence-corrected chi connectivity index (χ3v) is 1.04. The number of aromatic nitrogens is 3. The van der Waals surface area contributed by atoms with Gasteiger partial charge in [0.1, 0.15) is 0 Å². The Morgan fingerprint density at radius 1 is 0.600 bits per heavy atom. The summed E-state index contributed by atoms with van der Waals surface area (Å²) >= 11 is 0. The van der Waals surface area contributed by atoms with Crippen molar-refractivity contribution in [2.75, 3.05) is 0 Å². The first-order valence-corrected chi connectivity index (χ1v) is 3.39. The first kappa shape index (κ1) is 11.1. The molecule has 66 valence electrons. The molecule has 0 amide bonds. The molecule has 1 rings (SSSR count). The average Bonchev–Trinajstić information content (AvgIpc) is 2.19. The van der Waals surface area contributed by atoms with Crippen LogP contribution in [-0.2, 0) is 0 Å². The predicted molar refractivity (Wildman–Crippen MR) is 50.6 cm³/mol. The van der Waals surface area contributed by atoms with Crippen LogP contribution in [0.25, 0.3) is 0 Å². The summed E-state index contributed by atoms with van der Waals surface area (Å²) in [5.41, 5.74) is 0. The van der Waals surface area contributed by atoms with Gasteiger partial charge in [-0.1, -0.05) is 0 Å². The first-order valence-electron chi connectivity index (χ1n) is 3.39. The maximum atomic E-state index is 4.81. The largest absolute Gasteiger partial charge is 0.293 e. The Labute approximate surface area is 88.0 Å². The molecule has 0 spiro atoms. The smallest absolute Gasteiger partial charge is 0.265 e. The van der Waals surface area contributed by atoms with Crippen molar-refractivity contribution in [3.05, 3.63) is 0 Å².